The van der Waals surface area contributed by atoms with Gasteiger partial charge in [0.15, 0.2) is 0 Å². The SMILES string of the molecule is Cln1ccnc1N=Nc1ccc(Cc2ccccc2)cc1. The van der Waals surface area contributed by atoms with Crippen LogP contribution in [0.2, 0.25) is 0 Å². The van der Waals surface area contributed by atoms with Crippen LogP contribution in [0.15, 0.2) is 77.2 Å². The van der Waals surface area contributed by atoms with E-state index in [9.17, 15) is 0 Å². The molecule has 0 saturated carbocycles. The summed E-state index contributed by atoms with van der Waals surface area (Å²) in [6, 6.07) is 18.3. The van der Waals surface area contributed by atoms with Crippen molar-refractivity contribution in [1.29, 1.82) is 0 Å². The van der Waals surface area contributed by atoms with Crippen molar-refractivity contribution >= 4 is 23.4 Å². The highest BCUT2D eigenvalue weighted by atomic mass is 35.5. The van der Waals surface area contributed by atoms with Gasteiger partial charge in [0, 0.05) is 24.2 Å². The van der Waals surface area contributed by atoms with E-state index in [-0.39, 0.29) is 0 Å². The number of benzene rings is 2. The Bertz CT molecular complexity index is 732. The fraction of sp³-hybridized carbons (Fsp3) is 0.0625. The number of imidazole rings is 1. The number of hydrogen-bond acceptors (Lipinski definition) is 3. The predicted octanol–water partition coefficient (Wildman–Crippen LogP) is 4.89. The lowest BCUT2D eigenvalue weighted by molar-refractivity contribution is 1.08. The average Bonchev–Trinajstić information content (AvgIpc) is 2.93. The zero-order valence-corrected chi connectivity index (χ0v) is 12.0. The molecule has 3 rings (SSSR count). The molecule has 21 heavy (non-hydrogen) atoms. The monoisotopic (exact) mass is 296 g/mol. The molecule has 1 aromatic heterocycles. The number of halogens is 1. The molecular formula is C16H13ClN4. The van der Waals surface area contributed by atoms with Crippen LogP contribution in [0.4, 0.5) is 11.6 Å². The van der Waals surface area contributed by atoms with Gasteiger partial charge in [-0.3, -0.25) is 0 Å². The minimum absolute atomic E-state index is 0.366. The van der Waals surface area contributed by atoms with Crippen LogP contribution in [0.1, 0.15) is 11.1 Å². The predicted molar refractivity (Wildman–Crippen MR) is 83.3 cm³/mol. The number of rotatable bonds is 4. The molecule has 4 nitrogen and oxygen atoms in total. The summed E-state index contributed by atoms with van der Waals surface area (Å²) in [7, 11) is 0. The molecule has 0 saturated heterocycles. The van der Waals surface area contributed by atoms with E-state index in [4.69, 9.17) is 11.8 Å². The maximum Gasteiger partial charge on any atom is 0.264 e. The molecule has 2 aromatic carbocycles. The molecular weight excluding hydrogens is 284 g/mol. The lowest BCUT2D eigenvalue weighted by atomic mass is 10.1. The minimum atomic E-state index is 0.366. The normalized spacial score (nSPS) is 11.1. The largest absolute Gasteiger partial charge is 0.264 e. The van der Waals surface area contributed by atoms with Gasteiger partial charge in [-0.1, -0.05) is 42.5 Å². The second-order valence-electron chi connectivity index (χ2n) is 4.57. The fourth-order valence-corrected chi connectivity index (χ4v) is 2.09. The molecule has 0 fully saturated rings. The Balaban J connectivity index is 1.70. The molecule has 0 spiro atoms. The van der Waals surface area contributed by atoms with Crippen molar-refractivity contribution in [2.24, 2.45) is 10.2 Å². The zero-order valence-electron chi connectivity index (χ0n) is 11.2. The molecule has 0 radical (unpaired) electrons. The average molecular weight is 297 g/mol. The molecule has 1 heterocycles. The fourth-order valence-electron chi connectivity index (χ4n) is 1.96. The van der Waals surface area contributed by atoms with Gasteiger partial charge >= 0.3 is 0 Å². The van der Waals surface area contributed by atoms with Crippen molar-refractivity contribution in [3.8, 4) is 0 Å². The van der Waals surface area contributed by atoms with Crippen molar-refractivity contribution in [3.05, 3.63) is 78.1 Å². The summed E-state index contributed by atoms with van der Waals surface area (Å²) in [4.78, 5) is 3.97. The third kappa shape index (κ3) is 3.55. The third-order valence-corrected chi connectivity index (χ3v) is 3.28. The van der Waals surface area contributed by atoms with Crippen molar-refractivity contribution < 1.29 is 0 Å². The summed E-state index contributed by atoms with van der Waals surface area (Å²) in [6.45, 7) is 0. The van der Waals surface area contributed by atoms with Gasteiger partial charge in [-0.2, -0.15) is 0 Å². The molecule has 5 heteroatoms. The molecule has 0 bridgehead atoms. The Kier molecular flexibility index (Phi) is 4.07. The van der Waals surface area contributed by atoms with Crippen LogP contribution in [0, 0.1) is 0 Å². The second kappa shape index (κ2) is 6.33. The topological polar surface area (TPSA) is 42.5 Å². The first-order valence-corrected chi connectivity index (χ1v) is 6.89. The van der Waals surface area contributed by atoms with E-state index in [1.807, 2.05) is 30.3 Å². The Morgan fingerprint density at radius 3 is 2.29 bits per heavy atom. The number of nitrogens with zero attached hydrogens (tertiary/aromatic N) is 4. The van der Waals surface area contributed by atoms with Crippen molar-refractivity contribution in [3.63, 3.8) is 0 Å². The number of hydrogen-bond donors (Lipinski definition) is 0. The van der Waals surface area contributed by atoms with Crippen LogP contribution in [0.25, 0.3) is 0 Å². The van der Waals surface area contributed by atoms with Crippen LogP contribution in [-0.2, 0) is 6.42 Å². The summed E-state index contributed by atoms with van der Waals surface area (Å²) < 4.78 is 1.30. The van der Waals surface area contributed by atoms with E-state index in [0.29, 0.717) is 5.95 Å². The van der Waals surface area contributed by atoms with Crippen LogP contribution in [-0.4, -0.2) is 9.07 Å². The summed E-state index contributed by atoms with van der Waals surface area (Å²) in [5, 5.41) is 8.11. The van der Waals surface area contributed by atoms with Gasteiger partial charge in [-0.05, 0) is 29.7 Å². The van der Waals surface area contributed by atoms with E-state index in [2.05, 4.69) is 39.5 Å². The van der Waals surface area contributed by atoms with Crippen LogP contribution >= 0.6 is 11.8 Å². The maximum absolute atomic E-state index is 5.82. The Hall–Kier alpha value is -2.46. The summed E-state index contributed by atoms with van der Waals surface area (Å²) in [5.41, 5.74) is 3.29. The summed E-state index contributed by atoms with van der Waals surface area (Å²) in [5.74, 6) is 0.366. The molecule has 3 aromatic rings. The molecule has 0 N–H and O–H groups in total. The molecule has 0 aliphatic carbocycles. The van der Waals surface area contributed by atoms with Gasteiger partial charge in [0.25, 0.3) is 5.95 Å². The highest BCUT2D eigenvalue weighted by molar-refractivity contribution is 6.16. The summed E-state index contributed by atoms with van der Waals surface area (Å²) in [6.07, 6.45) is 4.09. The van der Waals surface area contributed by atoms with E-state index < -0.39 is 0 Å². The molecule has 0 unspecified atom stereocenters. The highest BCUT2D eigenvalue weighted by Gasteiger charge is 1.99. The van der Waals surface area contributed by atoms with Gasteiger partial charge in [0.2, 0.25) is 0 Å². The zero-order chi connectivity index (χ0) is 14.5. The Morgan fingerprint density at radius 1 is 0.905 bits per heavy atom. The van der Waals surface area contributed by atoms with Crippen LogP contribution in [0.5, 0.6) is 0 Å². The van der Waals surface area contributed by atoms with Crippen molar-refractivity contribution in [2.45, 2.75) is 6.42 Å². The maximum atomic E-state index is 5.82. The van der Waals surface area contributed by atoms with Gasteiger partial charge in [-0.15, -0.1) is 10.2 Å². The summed E-state index contributed by atoms with van der Waals surface area (Å²) >= 11 is 5.82. The number of azo groups is 1. The molecule has 104 valence electrons. The van der Waals surface area contributed by atoms with Gasteiger partial charge < -0.3 is 0 Å². The third-order valence-electron chi connectivity index (χ3n) is 3.02. The lowest BCUT2D eigenvalue weighted by Gasteiger charge is -2.01. The van der Waals surface area contributed by atoms with E-state index in [1.54, 1.807) is 12.4 Å². The van der Waals surface area contributed by atoms with E-state index >= 15 is 0 Å². The van der Waals surface area contributed by atoms with Crippen LogP contribution in [0.3, 0.4) is 0 Å². The van der Waals surface area contributed by atoms with Crippen molar-refractivity contribution in [2.75, 3.05) is 0 Å². The standard InChI is InChI=1S/C16H13ClN4/c17-21-11-10-18-16(21)20-19-15-8-6-14(7-9-15)12-13-4-2-1-3-5-13/h1-11H,12H2. The van der Waals surface area contributed by atoms with Gasteiger partial charge in [0.1, 0.15) is 0 Å². The smallest absolute Gasteiger partial charge is 0.225 e. The quantitative estimate of drug-likeness (QED) is 0.632. The molecule has 0 amide bonds. The van der Waals surface area contributed by atoms with Crippen LogP contribution < -0.4 is 0 Å². The highest BCUT2D eigenvalue weighted by Crippen LogP contribution is 2.19. The van der Waals surface area contributed by atoms with Gasteiger partial charge in [-0.25, -0.2) is 9.07 Å². The lowest BCUT2D eigenvalue weighted by Crippen LogP contribution is -1.86. The molecule has 0 atom stereocenters. The first-order valence-electron chi connectivity index (χ1n) is 6.55. The minimum Gasteiger partial charge on any atom is -0.225 e. The second-order valence-corrected chi connectivity index (χ2v) is 4.93. The first-order chi connectivity index (χ1) is 10.3. The van der Waals surface area contributed by atoms with Gasteiger partial charge in [0.05, 0.1) is 5.69 Å². The Labute approximate surface area is 127 Å². The number of aromatic nitrogens is 2. The first kappa shape index (κ1) is 13.5. The van der Waals surface area contributed by atoms with Crippen molar-refractivity contribution in [1.82, 2.24) is 9.07 Å². The Morgan fingerprint density at radius 2 is 1.62 bits per heavy atom. The van der Waals surface area contributed by atoms with E-state index in [0.717, 1.165) is 12.1 Å². The molecule has 0 aliphatic rings. The van der Waals surface area contributed by atoms with E-state index in [1.165, 1.54) is 15.2 Å². The molecule has 0 aliphatic heterocycles.